The number of para-hydroxylation sites is 1. The molecule has 0 aromatic heterocycles. The van der Waals surface area contributed by atoms with Crippen LogP contribution in [-0.2, 0) is 20.9 Å². The Bertz CT molecular complexity index is 1210. The first-order valence-electron chi connectivity index (χ1n) is 15.4. The Balaban J connectivity index is 1.40. The van der Waals surface area contributed by atoms with E-state index in [0.717, 1.165) is 51.0 Å². The molecule has 3 rings (SSSR count). The monoisotopic (exact) mass is 616 g/mol. The van der Waals surface area contributed by atoms with Crippen molar-refractivity contribution in [3.63, 3.8) is 0 Å². The summed E-state index contributed by atoms with van der Waals surface area (Å²) in [5.41, 5.74) is 2.10. The van der Waals surface area contributed by atoms with Crippen LogP contribution in [0.15, 0.2) is 59.5 Å². The number of rotatable bonds is 14. The topological polar surface area (TPSA) is 91.0 Å². The van der Waals surface area contributed by atoms with Crippen molar-refractivity contribution >= 4 is 30.1 Å². The predicted octanol–water partition coefficient (Wildman–Crippen LogP) is 5.87. The van der Waals surface area contributed by atoms with Crippen LogP contribution in [0.5, 0.6) is 0 Å². The Hall–Kier alpha value is -2.24. The zero-order valence-electron chi connectivity index (χ0n) is 26.5. The van der Waals surface area contributed by atoms with E-state index in [1.807, 2.05) is 54.3 Å². The van der Waals surface area contributed by atoms with Crippen molar-refractivity contribution in [2.75, 3.05) is 50.8 Å². The lowest BCUT2D eigenvalue weighted by atomic mass is 9.90. The molecule has 0 saturated carbocycles. The summed E-state index contributed by atoms with van der Waals surface area (Å²) in [6, 6.07) is 17.1. The maximum Gasteiger partial charge on any atom is 0.321 e. The molecule has 10 heteroatoms. The van der Waals surface area contributed by atoms with Gasteiger partial charge in [-0.2, -0.15) is 0 Å². The molecule has 234 valence electrons. The number of nitrogens with one attached hydrogen (secondary N) is 2. The van der Waals surface area contributed by atoms with Crippen LogP contribution in [0.2, 0.25) is 18.1 Å². The number of hydrogen-bond donors (Lipinski definition) is 2. The molecule has 0 bridgehead atoms. The molecule has 1 heterocycles. The molecule has 8 nitrogen and oxygen atoms in total. The molecule has 2 aromatic rings. The van der Waals surface area contributed by atoms with Crippen molar-refractivity contribution in [1.29, 1.82) is 0 Å². The van der Waals surface area contributed by atoms with Crippen LogP contribution in [0.4, 0.5) is 10.5 Å². The lowest BCUT2D eigenvalue weighted by Gasteiger charge is -2.36. The number of benzene rings is 2. The number of carbonyl (C=O) groups is 1. The molecule has 2 amide bonds. The highest BCUT2D eigenvalue weighted by molar-refractivity contribution is 7.89. The molecular weight excluding hydrogens is 565 g/mol. The minimum absolute atomic E-state index is 0.0485. The average Bonchev–Trinajstić information content (AvgIpc) is 2.95. The highest BCUT2D eigenvalue weighted by Gasteiger charge is 2.37. The fourth-order valence-electron chi connectivity index (χ4n) is 4.99. The highest BCUT2D eigenvalue weighted by atomic mass is 32.2. The largest absolute Gasteiger partial charge is 0.415 e. The Morgan fingerprint density at radius 3 is 2.29 bits per heavy atom. The van der Waals surface area contributed by atoms with Crippen molar-refractivity contribution in [2.24, 2.45) is 5.92 Å². The van der Waals surface area contributed by atoms with E-state index in [2.05, 4.69) is 48.8 Å². The number of anilines is 1. The van der Waals surface area contributed by atoms with Crippen LogP contribution in [-0.4, -0.2) is 73.5 Å². The van der Waals surface area contributed by atoms with E-state index in [9.17, 15) is 13.2 Å². The van der Waals surface area contributed by atoms with E-state index in [-0.39, 0.29) is 17.6 Å². The van der Waals surface area contributed by atoms with Crippen LogP contribution in [0, 0.1) is 5.92 Å². The minimum atomic E-state index is -3.56. The smallest absolute Gasteiger partial charge is 0.321 e. The maximum absolute atomic E-state index is 12.8. The fourth-order valence-corrected chi connectivity index (χ4v) is 7.05. The van der Waals surface area contributed by atoms with Crippen LogP contribution in [0.3, 0.4) is 0 Å². The first-order chi connectivity index (χ1) is 19.8. The molecule has 0 radical (unpaired) electrons. The van der Waals surface area contributed by atoms with Gasteiger partial charge < -0.3 is 14.6 Å². The second-order valence-corrected chi connectivity index (χ2v) is 19.4. The van der Waals surface area contributed by atoms with Crippen molar-refractivity contribution in [3.8, 4) is 0 Å². The predicted molar refractivity (Wildman–Crippen MR) is 175 cm³/mol. The molecule has 2 N–H and O–H groups in total. The minimum Gasteiger partial charge on any atom is -0.415 e. The van der Waals surface area contributed by atoms with E-state index in [4.69, 9.17) is 4.43 Å². The van der Waals surface area contributed by atoms with Gasteiger partial charge in [0.15, 0.2) is 8.32 Å². The first kappa shape index (κ1) is 34.2. The van der Waals surface area contributed by atoms with Gasteiger partial charge in [0.2, 0.25) is 10.0 Å². The normalized spacial score (nSPS) is 15.5. The quantitative estimate of drug-likeness (QED) is 0.205. The van der Waals surface area contributed by atoms with Gasteiger partial charge in [-0.25, -0.2) is 17.9 Å². The number of likely N-dealkylation sites (tertiary alicyclic amines) is 1. The Kier molecular flexibility index (Phi) is 12.6. The Morgan fingerprint density at radius 1 is 1.05 bits per heavy atom. The van der Waals surface area contributed by atoms with Crippen LogP contribution >= 0.6 is 0 Å². The molecule has 0 spiro atoms. The summed E-state index contributed by atoms with van der Waals surface area (Å²) in [6.45, 7) is 17.8. The number of amides is 2. The summed E-state index contributed by atoms with van der Waals surface area (Å²) in [4.78, 5) is 17.2. The Labute approximate surface area is 255 Å². The number of carbonyl (C=O) groups excluding carboxylic acids is 1. The number of piperidine rings is 1. The van der Waals surface area contributed by atoms with Gasteiger partial charge in [0.25, 0.3) is 0 Å². The number of urea groups is 1. The summed E-state index contributed by atoms with van der Waals surface area (Å²) in [6.07, 6.45) is 4.12. The Morgan fingerprint density at radius 2 is 1.69 bits per heavy atom. The zero-order chi connectivity index (χ0) is 30.8. The van der Waals surface area contributed by atoms with Gasteiger partial charge in [-0.1, -0.05) is 51.1 Å². The molecule has 0 atom stereocenters. The van der Waals surface area contributed by atoms with Crippen molar-refractivity contribution in [1.82, 2.24) is 14.9 Å². The summed E-state index contributed by atoms with van der Waals surface area (Å²) < 4.78 is 34.4. The summed E-state index contributed by atoms with van der Waals surface area (Å²) in [5, 5.41) is 3.02. The molecule has 1 fully saturated rings. The molecule has 1 aliphatic rings. The maximum atomic E-state index is 12.8. The zero-order valence-corrected chi connectivity index (χ0v) is 28.3. The third-order valence-electron chi connectivity index (χ3n) is 8.63. The lowest BCUT2D eigenvalue weighted by Crippen LogP contribution is -2.42. The fraction of sp³-hybridized carbons (Fsp3) is 0.594. The lowest BCUT2D eigenvalue weighted by molar-refractivity contribution is 0.183. The van der Waals surface area contributed by atoms with Crippen LogP contribution < -0.4 is 14.9 Å². The first-order valence-corrected chi connectivity index (χ1v) is 19.8. The third kappa shape index (κ3) is 10.2. The molecule has 42 heavy (non-hydrogen) atoms. The second kappa shape index (κ2) is 15.5. The third-order valence-corrected chi connectivity index (χ3v) is 14.6. The number of hydrogen-bond acceptors (Lipinski definition) is 5. The highest BCUT2D eigenvalue weighted by Crippen LogP contribution is 2.36. The second-order valence-electron chi connectivity index (χ2n) is 12.8. The van der Waals surface area contributed by atoms with E-state index < -0.39 is 18.3 Å². The standard InChI is InChI=1S/C32H52N4O4SSi/c1-7-33-31(37)36(29-12-9-8-10-13-29)22-11-21-35-23-18-28(19-24-35)26-27-14-16-30(17-15-27)41(38,39)34-20-25-40-42(5,6)32(2,3)4/h8-10,12-17,28,34H,7,11,18-26H2,1-6H3,(H,33,37). The molecule has 1 aliphatic heterocycles. The van der Waals surface area contributed by atoms with Gasteiger partial charge >= 0.3 is 6.03 Å². The van der Waals surface area contributed by atoms with Gasteiger partial charge in [0, 0.05) is 31.9 Å². The van der Waals surface area contributed by atoms with E-state index in [0.29, 0.717) is 30.5 Å². The van der Waals surface area contributed by atoms with Gasteiger partial charge in [-0.3, -0.25) is 4.90 Å². The summed E-state index contributed by atoms with van der Waals surface area (Å²) in [7, 11) is -5.46. The number of nitrogens with zero attached hydrogens (tertiary/aromatic N) is 2. The molecular formula is C32H52N4O4SSi. The summed E-state index contributed by atoms with van der Waals surface area (Å²) >= 11 is 0. The van der Waals surface area contributed by atoms with Gasteiger partial charge in [-0.05, 0) is 106 Å². The van der Waals surface area contributed by atoms with Crippen LogP contribution in [0.25, 0.3) is 0 Å². The van der Waals surface area contributed by atoms with E-state index in [1.165, 1.54) is 5.56 Å². The number of sulfonamides is 1. The van der Waals surface area contributed by atoms with Crippen LogP contribution in [0.1, 0.15) is 52.5 Å². The molecule has 1 saturated heterocycles. The SMILES string of the molecule is CCNC(=O)N(CCCN1CCC(Cc2ccc(S(=O)(=O)NCCO[Si](C)(C)C(C)(C)C)cc2)CC1)c1ccccc1. The molecule has 0 aliphatic carbocycles. The van der Waals surface area contributed by atoms with Crippen molar-refractivity contribution < 1.29 is 17.6 Å². The summed E-state index contributed by atoms with van der Waals surface area (Å²) in [5.74, 6) is 0.588. The van der Waals surface area contributed by atoms with E-state index >= 15 is 0 Å². The average molecular weight is 617 g/mol. The van der Waals surface area contributed by atoms with Gasteiger partial charge in [-0.15, -0.1) is 0 Å². The van der Waals surface area contributed by atoms with Crippen molar-refractivity contribution in [3.05, 3.63) is 60.2 Å². The van der Waals surface area contributed by atoms with Crippen molar-refractivity contribution in [2.45, 2.75) is 76.4 Å². The van der Waals surface area contributed by atoms with Gasteiger partial charge in [0.05, 0.1) is 4.90 Å². The molecule has 2 aromatic carbocycles. The molecule has 0 unspecified atom stereocenters. The van der Waals surface area contributed by atoms with Gasteiger partial charge in [0.1, 0.15) is 0 Å². The van der Waals surface area contributed by atoms with E-state index in [1.54, 1.807) is 12.1 Å².